The highest BCUT2D eigenvalue weighted by atomic mass is 16.4. The van der Waals surface area contributed by atoms with Crippen molar-refractivity contribution in [2.24, 2.45) is 17.8 Å². The summed E-state index contributed by atoms with van der Waals surface area (Å²) in [5.41, 5.74) is 0. The molecule has 0 saturated carbocycles. The summed E-state index contributed by atoms with van der Waals surface area (Å²) < 4.78 is 0. The van der Waals surface area contributed by atoms with Crippen molar-refractivity contribution in [3.8, 4) is 0 Å². The molecule has 0 bridgehead atoms. The highest BCUT2D eigenvalue weighted by molar-refractivity contribution is 5.70. The van der Waals surface area contributed by atoms with E-state index in [0.29, 0.717) is 6.42 Å². The molecular weight excluding hydrogens is 344 g/mol. The minimum absolute atomic E-state index is 0.239. The topological polar surface area (TPSA) is 37.3 Å². The van der Waals surface area contributed by atoms with Crippen LogP contribution in [0.5, 0.6) is 0 Å². The molecule has 1 N–H and O–H groups in total. The molecule has 0 rings (SSSR count). The van der Waals surface area contributed by atoms with Gasteiger partial charge in [0.2, 0.25) is 0 Å². The molecule has 0 amide bonds. The zero-order valence-corrected chi connectivity index (χ0v) is 19.3. The molecule has 0 aliphatic rings. The molecule has 0 aromatic carbocycles. The molecule has 3 atom stereocenters. The Morgan fingerprint density at radius 1 is 0.821 bits per heavy atom. The normalized spacial score (nSPS) is 15.3. The molecule has 0 aromatic heterocycles. The van der Waals surface area contributed by atoms with Crippen LogP contribution in [0.1, 0.15) is 118 Å². The van der Waals surface area contributed by atoms with Crippen molar-refractivity contribution in [3.05, 3.63) is 24.3 Å². The van der Waals surface area contributed by atoms with Crippen LogP contribution in [0.15, 0.2) is 24.3 Å². The Bertz CT molecular complexity index is 411. The molecule has 2 nitrogen and oxygen atoms in total. The van der Waals surface area contributed by atoms with Gasteiger partial charge in [-0.1, -0.05) is 109 Å². The minimum Gasteiger partial charge on any atom is -0.481 e. The van der Waals surface area contributed by atoms with Gasteiger partial charge < -0.3 is 5.11 Å². The maximum Gasteiger partial charge on any atom is 0.307 e. The van der Waals surface area contributed by atoms with Gasteiger partial charge in [0, 0.05) is 0 Å². The third-order valence-corrected chi connectivity index (χ3v) is 5.95. The Labute approximate surface area is 175 Å². The van der Waals surface area contributed by atoms with Crippen LogP contribution in [0.25, 0.3) is 0 Å². The molecule has 28 heavy (non-hydrogen) atoms. The average Bonchev–Trinajstić information content (AvgIpc) is 2.66. The molecule has 0 aliphatic carbocycles. The second-order valence-electron chi connectivity index (χ2n) is 8.72. The number of rotatable bonds is 19. The summed E-state index contributed by atoms with van der Waals surface area (Å²) >= 11 is 0. The number of aliphatic carboxylic acids is 1. The number of hydrogen-bond acceptors (Lipinski definition) is 1. The zero-order chi connectivity index (χ0) is 21.0. The number of carboxylic acid groups (broad SMARTS) is 1. The van der Waals surface area contributed by atoms with Crippen LogP contribution >= 0.6 is 0 Å². The van der Waals surface area contributed by atoms with Gasteiger partial charge in [-0.15, -0.1) is 0 Å². The fraction of sp³-hybridized carbons (Fsp3) is 0.808. The summed E-state index contributed by atoms with van der Waals surface area (Å²) in [6, 6.07) is 0. The van der Waals surface area contributed by atoms with Crippen molar-refractivity contribution >= 4 is 5.97 Å². The molecule has 0 aromatic rings. The van der Waals surface area contributed by atoms with Crippen LogP contribution in [-0.4, -0.2) is 11.1 Å². The average molecular weight is 393 g/mol. The molecular formula is C26H48O2. The molecule has 0 heterocycles. The van der Waals surface area contributed by atoms with Crippen LogP contribution in [0.2, 0.25) is 0 Å². The summed E-state index contributed by atoms with van der Waals surface area (Å²) in [6.45, 7) is 8.78. The Balaban J connectivity index is 3.91. The summed E-state index contributed by atoms with van der Waals surface area (Å²) in [4.78, 5) is 11.6. The quantitative estimate of drug-likeness (QED) is 0.176. The first-order chi connectivity index (χ1) is 13.5. The molecule has 0 saturated heterocycles. The van der Waals surface area contributed by atoms with E-state index in [-0.39, 0.29) is 11.8 Å². The Morgan fingerprint density at radius 3 is 2.07 bits per heavy atom. The van der Waals surface area contributed by atoms with Crippen molar-refractivity contribution < 1.29 is 9.90 Å². The molecule has 0 fully saturated rings. The smallest absolute Gasteiger partial charge is 0.307 e. The first kappa shape index (κ1) is 27.0. The van der Waals surface area contributed by atoms with Crippen LogP contribution in [0.3, 0.4) is 0 Å². The van der Waals surface area contributed by atoms with E-state index >= 15 is 0 Å². The summed E-state index contributed by atoms with van der Waals surface area (Å²) in [5, 5.41) is 9.57. The first-order valence-electron chi connectivity index (χ1n) is 12.0. The van der Waals surface area contributed by atoms with Gasteiger partial charge in [0.25, 0.3) is 0 Å². The van der Waals surface area contributed by atoms with Gasteiger partial charge in [-0.05, 0) is 44.4 Å². The van der Waals surface area contributed by atoms with Crippen LogP contribution < -0.4 is 0 Å². The number of hydrogen-bond donors (Lipinski definition) is 1. The third-order valence-electron chi connectivity index (χ3n) is 5.95. The standard InChI is InChI=1S/C26H48O2/c1-5-7-9-11-13-14-16-19-23(3)20-18-21-24(4)25(26(27)28)22-17-15-12-10-8-6-2/h6,8,15,17,23-25H,5,7,9-14,16,18-22H2,1-4H3,(H,27,28). The fourth-order valence-electron chi connectivity index (χ4n) is 3.88. The van der Waals surface area contributed by atoms with Gasteiger partial charge >= 0.3 is 5.97 Å². The number of carbonyl (C=O) groups is 1. The monoisotopic (exact) mass is 392 g/mol. The fourth-order valence-corrected chi connectivity index (χ4v) is 3.88. The predicted molar refractivity (Wildman–Crippen MR) is 124 cm³/mol. The van der Waals surface area contributed by atoms with Crippen molar-refractivity contribution in [3.63, 3.8) is 0 Å². The maximum atomic E-state index is 11.6. The van der Waals surface area contributed by atoms with E-state index < -0.39 is 5.97 Å². The molecule has 2 heteroatoms. The van der Waals surface area contributed by atoms with Crippen molar-refractivity contribution in [1.82, 2.24) is 0 Å². The second kappa shape index (κ2) is 19.3. The molecule has 0 spiro atoms. The van der Waals surface area contributed by atoms with Gasteiger partial charge in [0.05, 0.1) is 5.92 Å². The van der Waals surface area contributed by atoms with Gasteiger partial charge in [-0.25, -0.2) is 0 Å². The van der Waals surface area contributed by atoms with E-state index in [0.717, 1.165) is 31.6 Å². The van der Waals surface area contributed by atoms with Gasteiger partial charge in [-0.3, -0.25) is 4.79 Å². The Hall–Kier alpha value is -1.05. The minimum atomic E-state index is -0.637. The summed E-state index contributed by atoms with van der Waals surface area (Å²) in [6.07, 6.45) is 25.5. The SMILES string of the molecule is CC=CCCC=CCC(C(=O)O)C(C)CCCC(C)CCCCCCCCC. The number of carboxylic acids is 1. The van der Waals surface area contributed by atoms with Crippen LogP contribution in [0.4, 0.5) is 0 Å². The highest BCUT2D eigenvalue weighted by Crippen LogP contribution is 2.25. The van der Waals surface area contributed by atoms with E-state index in [4.69, 9.17) is 0 Å². The lowest BCUT2D eigenvalue weighted by molar-refractivity contribution is -0.143. The second-order valence-corrected chi connectivity index (χ2v) is 8.72. The van der Waals surface area contributed by atoms with E-state index in [9.17, 15) is 9.90 Å². The zero-order valence-electron chi connectivity index (χ0n) is 19.3. The largest absolute Gasteiger partial charge is 0.481 e. The number of allylic oxidation sites excluding steroid dienone is 4. The van der Waals surface area contributed by atoms with Crippen LogP contribution in [0, 0.1) is 17.8 Å². The van der Waals surface area contributed by atoms with Crippen LogP contribution in [-0.2, 0) is 4.79 Å². The van der Waals surface area contributed by atoms with Gasteiger partial charge in [0.1, 0.15) is 0 Å². The van der Waals surface area contributed by atoms with Gasteiger partial charge in [0.15, 0.2) is 0 Å². The summed E-state index contributed by atoms with van der Waals surface area (Å²) in [5.74, 6) is 0.152. The van der Waals surface area contributed by atoms with Crippen molar-refractivity contribution in [2.45, 2.75) is 118 Å². The van der Waals surface area contributed by atoms with E-state index in [1.165, 1.54) is 57.8 Å². The molecule has 0 radical (unpaired) electrons. The maximum absolute atomic E-state index is 11.6. The summed E-state index contributed by atoms with van der Waals surface area (Å²) in [7, 11) is 0. The molecule has 0 aliphatic heterocycles. The third kappa shape index (κ3) is 16.0. The Morgan fingerprint density at radius 2 is 1.43 bits per heavy atom. The Kier molecular flexibility index (Phi) is 18.6. The van der Waals surface area contributed by atoms with E-state index in [2.05, 4.69) is 45.1 Å². The van der Waals surface area contributed by atoms with Gasteiger partial charge in [-0.2, -0.15) is 0 Å². The number of unbranched alkanes of at least 4 members (excludes halogenated alkanes) is 7. The molecule has 3 unspecified atom stereocenters. The van der Waals surface area contributed by atoms with E-state index in [1.807, 2.05) is 6.92 Å². The van der Waals surface area contributed by atoms with Crippen molar-refractivity contribution in [2.75, 3.05) is 0 Å². The van der Waals surface area contributed by atoms with E-state index in [1.54, 1.807) is 0 Å². The lowest BCUT2D eigenvalue weighted by atomic mass is 9.85. The lowest BCUT2D eigenvalue weighted by Gasteiger charge is -2.20. The molecule has 164 valence electrons. The predicted octanol–water partition coefficient (Wildman–Crippen LogP) is 8.57. The lowest BCUT2D eigenvalue weighted by Crippen LogP contribution is -2.21. The highest BCUT2D eigenvalue weighted by Gasteiger charge is 2.23. The first-order valence-corrected chi connectivity index (χ1v) is 12.0. The van der Waals surface area contributed by atoms with Crippen molar-refractivity contribution in [1.29, 1.82) is 0 Å².